The van der Waals surface area contributed by atoms with E-state index in [4.69, 9.17) is 4.74 Å². The number of hydrogen-bond donors (Lipinski definition) is 0. The molecule has 0 radical (unpaired) electrons. The Morgan fingerprint density at radius 2 is 0.938 bits per heavy atom. The van der Waals surface area contributed by atoms with Crippen LogP contribution in [0.5, 0.6) is 11.5 Å². The molecule has 1 nitrogen and oxygen atoms in total. The van der Waals surface area contributed by atoms with Crippen molar-refractivity contribution in [2.75, 3.05) is 0 Å². The van der Waals surface area contributed by atoms with Crippen LogP contribution >= 0.6 is 0 Å². The molecule has 6 rings (SSSR count). The van der Waals surface area contributed by atoms with Crippen LogP contribution < -0.4 is 4.74 Å². The fourth-order valence-electron chi connectivity index (χ4n) is 4.76. The van der Waals surface area contributed by atoms with Crippen LogP contribution in [0.2, 0.25) is 0 Å². The van der Waals surface area contributed by atoms with Crippen molar-refractivity contribution in [1.29, 1.82) is 0 Å². The third kappa shape index (κ3) is 2.94. The summed E-state index contributed by atoms with van der Waals surface area (Å²) in [6.07, 6.45) is 0. The third-order valence-corrected chi connectivity index (χ3v) is 6.26. The number of hydrogen-bond acceptors (Lipinski definition) is 1. The molecule has 0 aliphatic heterocycles. The SMILES string of the molecule is Cc1ccc(-c2c3ccccc3c(Oc3ccccc3)c3ccccc23)c2ccccc12. The molecule has 0 spiro atoms. The van der Waals surface area contributed by atoms with Gasteiger partial charge in [0.15, 0.2) is 0 Å². The van der Waals surface area contributed by atoms with Crippen LogP contribution in [-0.4, -0.2) is 0 Å². The van der Waals surface area contributed by atoms with Crippen molar-refractivity contribution in [3.05, 3.63) is 121 Å². The summed E-state index contributed by atoms with van der Waals surface area (Å²) < 4.78 is 6.50. The first kappa shape index (κ1) is 18.7. The van der Waals surface area contributed by atoms with Crippen molar-refractivity contribution < 1.29 is 4.74 Å². The average molecular weight is 411 g/mol. The van der Waals surface area contributed by atoms with Gasteiger partial charge in [0.25, 0.3) is 0 Å². The summed E-state index contributed by atoms with van der Waals surface area (Å²) in [4.78, 5) is 0. The Bertz CT molecular complexity index is 1540. The molecule has 1 heteroatoms. The fraction of sp³-hybridized carbons (Fsp3) is 0.0323. The Morgan fingerprint density at radius 1 is 0.438 bits per heavy atom. The Hall–Kier alpha value is -4.10. The molecule has 0 aliphatic carbocycles. The zero-order valence-electron chi connectivity index (χ0n) is 17.9. The van der Waals surface area contributed by atoms with E-state index in [0.29, 0.717) is 0 Å². The predicted molar refractivity (Wildman–Crippen MR) is 136 cm³/mol. The first-order chi connectivity index (χ1) is 15.8. The maximum atomic E-state index is 6.50. The summed E-state index contributed by atoms with van der Waals surface area (Å²) in [5, 5.41) is 7.21. The normalized spacial score (nSPS) is 11.3. The molecule has 0 amide bonds. The van der Waals surface area contributed by atoms with E-state index in [2.05, 4.69) is 91.9 Å². The van der Waals surface area contributed by atoms with Gasteiger partial charge in [-0.3, -0.25) is 0 Å². The lowest BCUT2D eigenvalue weighted by Gasteiger charge is -2.19. The van der Waals surface area contributed by atoms with Gasteiger partial charge in [-0.25, -0.2) is 0 Å². The molecular formula is C31H22O. The molecule has 0 aromatic heterocycles. The zero-order chi connectivity index (χ0) is 21.5. The zero-order valence-corrected chi connectivity index (χ0v) is 17.9. The average Bonchev–Trinajstić information content (AvgIpc) is 2.86. The van der Waals surface area contributed by atoms with Crippen LogP contribution in [0.15, 0.2) is 115 Å². The lowest BCUT2D eigenvalue weighted by atomic mass is 9.88. The van der Waals surface area contributed by atoms with Gasteiger partial charge in [0.1, 0.15) is 11.5 Å². The van der Waals surface area contributed by atoms with Crippen molar-refractivity contribution in [1.82, 2.24) is 0 Å². The summed E-state index contributed by atoms with van der Waals surface area (Å²) in [6.45, 7) is 2.18. The first-order valence-corrected chi connectivity index (χ1v) is 11.0. The van der Waals surface area contributed by atoms with Crippen molar-refractivity contribution >= 4 is 32.3 Å². The molecule has 0 aliphatic rings. The highest BCUT2D eigenvalue weighted by Crippen LogP contribution is 2.46. The van der Waals surface area contributed by atoms with Crippen molar-refractivity contribution in [3.63, 3.8) is 0 Å². The van der Waals surface area contributed by atoms with Crippen LogP contribution in [0.25, 0.3) is 43.4 Å². The summed E-state index contributed by atoms with van der Waals surface area (Å²) in [5.41, 5.74) is 3.81. The van der Waals surface area contributed by atoms with Gasteiger partial charge in [0.2, 0.25) is 0 Å². The summed E-state index contributed by atoms with van der Waals surface area (Å²) in [7, 11) is 0. The van der Waals surface area contributed by atoms with Crippen molar-refractivity contribution in [3.8, 4) is 22.6 Å². The maximum Gasteiger partial charge on any atom is 0.143 e. The molecule has 0 unspecified atom stereocenters. The second-order valence-corrected chi connectivity index (χ2v) is 8.19. The second-order valence-electron chi connectivity index (χ2n) is 8.19. The summed E-state index contributed by atoms with van der Waals surface area (Å²) in [6, 6.07) is 40.4. The molecular weight excluding hydrogens is 388 g/mol. The highest BCUT2D eigenvalue weighted by Gasteiger charge is 2.18. The molecule has 32 heavy (non-hydrogen) atoms. The number of rotatable bonds is 3. The second kappa shape index (κ2) is 7.55. The molecule has 0 heterocycles. The lowest BCUT2D eigenvalue weighted by Crippen LogP contribution is -1.93. The van der Waals surface area contributed by atoms with Gasteiger partial charge >= 0.3 is 0 Å². The Balaban J connectivity index is 1.75. The fourth-order valence-corrected chi connectivity index (χ4v) is 4.76. The Kier molecular flexibility index (Phi) is 4.40. The molecule has 0 saturated carbocycles. The highest BCUT2D eigenvalue weighted by molar-refractivity contribution is 6.20. The summed E-state index contributed by atoms with van der Waals surface area (Å²) >= 11 is 0. The number of fused-ring (bicyclic) bond motifs is 3. The number of benzene rings is 6. The molecule has 6 aromatic carbocycles. The van der Waals surface area contributed by atoms with E-state index in [0.717, 1.165) is 22.3 Å². The largest absolute Gasteiger partial charge is 0.456 e. The van der Waals surface area contributed by atoms with Gasteiger partial charge in [-0.1, -0.05) is 103 Å². The van der Waals surface area contributed by atoms with E-state index in [1.165, 1.54) is 38.2 Å². The van der Waals surface area contributed by atoms with E-state index in [9.17, 15) is 0 Å². The third-order valence-electron chi connectivity index (χ3n) is 6.26. The lowest BCUT2D eigenvalue weighted by molar-refractivity contribution is 0.494. The van der Waals surface area contributed by atoms with Crippen LogP contribution in [0.1, 0.15) is 5.56 Å². The smallest absolute Gasteiger partial charge is 0.143 e. The van der Waals surface area contributed by atoms with Gasteiger partial charge in [-0.15, -0.1) is 0 Å². The molecule has 0 bridgehead atoms. The van der Waals surface area contributed by atoms with Gasteiger partial charge in [-0.05, 0) is 57.3 Å². The number of ether oxygens (including phenoxy) is 1. The minimum absolute atomic E-state index is 0.844. The van der Waals surface area contributed by atoms with Crippen LogP contribution in [0.3, 0.4) is 0 Å². The van der Waals surface area contributed by atoms with Crippen LogP contribution in [0.4, 0.5) is 0 Å². The molecule has 6 aromatic rings. The predicted octanol–water partition coefficient (Wildman–Crippen LogP) is 8.91. The van der Waals surface area contributed by atoms with Crippen LogP contribution in [-0.2, 0) is 0 Å². The monoisotopic (exact) mass is 410 g/mol. The quantitative estimate of drug-likeness (QED) is 0.265. The van der Waals surface area contributed by atoms with E-state index >= 15 is 0 Å². The van der Waals surface area contributed by atoms with Gasteiger partial charge in [0, 0.05) is 10.8 Å². The minimum atomic E-state index is 0.844. The van der Waals surface area contributed by atoms with E-state index in [-0.39, 0.29) is 0 Å². The van der Waals surface area contributed by atoms with E-state index < -0.39 is 0 Å². The molecule has 0 saturated heterocycles. The van der Waals surface area contributed by atoms with Gasteiger partial charge in [0.05, 0.1) is 0 Å². The minimum Gasteiger partial charge on any atom is -0.456 e. The number of aryl methyl sites for hydroxylation is 1. The topological polar surface area (TPSA) is 9.23 Å². The molecule has 0 atom stereocenters. The Morgan fingerprint density at radius 3 is 1.56 bits per heavy atom. The standard InChI is InChI=1S/C31H22O/c1-21-19-20-27(24-14-6-5-13-23(21)24)30-25-15-7-9-17-28(25)31(29-18-10-8-16-26(29)30)32-22-11-3-2-4-12-22/h2-20H,1H3. The maximum absolute atomic E-state index is 6.50. The van der Waals surface area contributed by atoms with Crippen molar-refractivity contribution in [2.45, 2.75) is 6.92 Å². The molecule has 0 N–H and O–H groups in total. The van der Waals surface area contributed by atoms with Gasteiger partial charge in [-0.2, -0.15) is 0 Å². The van der Waals surface area contributed by atoms with Crippen molar-refractivity contribution in [2.24, 2.45) is 0 Å². The van der Waals surface area contributed by atoms with Gasteiger partial charge < -0.3 is 4.74 Å². The number of para-hydroxylation sites is 1. The Labute approximate surface area is 187 Å². The molecule has 0 fully saturated rings. The molecule has 152 valence electrons. The van der Waals surface area contributed by atoms with Crippen LogP contribution in [0, 0.1) is 6.92 Å². The highest BCUT2D eigenvalue weighted by atomic mass is 16.5. The van der Waals surface area contributed by atoms with E-state index in [1.54, 1.807) is 0 Å². The summed E-state index contributed by atoms with van der Waals surface area (Å²) in [5.74, 6) is 1.75. The van der Waals surface area contributed by atoms with E-state index in [1.807, 2.05) is 30.3 Å². The first-order valence-electron chi connectivity index (χ1n) is 11.0.